The number of hydrogen-bond donors (Lipinski definition) is 0. The molecular weight excluding hydrogens is 457 g/mol. The third-order valence-electron chi connectivity index (χ3n) is 5.51. The fraction of sp³-hybridized carbons (Fsp3) is 1.00. The minimum atomic E-state index is -8.09. The van der Waals surface area contributed by atoms with E-state index in [1.165, 1.54) is 0 Å². The summed E-state index contributed by atoms with van der Waals surface area (Å²) in [7, 11) is 0. The second-order valence-electron chi connectivity index (χ2n) is 6.37. The van der Waals surface area contributed by atoms with Crippen molar-refractivity contribution in [1.82, 2.24) is 5.34 Å². The highest BCUT2D eigenvalue weighted by Gasteiger charge is 3.24. The molecule has 0 heterocycles. The Morgan fingerprint density at radius 3 is 0.643 bits per heavy atom. The minimum Gasteiger partial charge on any atom is -0.223 e. The van der Waals surface area contributed by atoms with Crippen LogP contribution in [0.2, 0.25) is 0 Å². The van der Waals surface area contributed by atoms with Gasteiger partial charge in [-0.3, -0.25) is 0 Å². The third-order valence-corrected chi connectivity index (χ3v) is 5.51. The summed E-state index contributed by atoms with van der Waals surface area (Å²) in [5.41, 5.74) is -31.8. The molecule has 0 atom stereocenters. The summed E-state index contributed by atoms with van der Waals surface area (Å²) in [6, 6.07) is 0. The van der Waals surface area contributed by atoms with Crippen LogP contribution in [0.25, 0.3) is 0 Å². The van der Waals surface area contributed by atoms with E-state index in [1.807, 2.05) is 0 Å². The standard InChI is InChI=1S/C10F17N/c11-1-5(14,15)2(12)7(18,19)3(13,6(1,16)17)10(24,25)4(28(26)27,8(1,20)21)9(2,22)23. The molecule has 0 amide bonds. The zero-order valence-electron chi connectivity index (χ0n) is 11.9. The van der Waals surface area contributed by atoms with Crippen molar-refractivity contribution >= 4 is 0 Å². The maximum atomic E-state index is 14.3. The predicted molar refractivity (Wildman–Crippen MR) is 48.0 cm³/mol. The number of rotatable bonds is 1. The zero-order chi connectivity index (χ0) is 22.6. The second-order valence-corrected chi connectivity index (χ2v) is 6.37. The van der Waals surface area contributed by atoms with Gasteiger partial charge in [0.15, 0.2) is 0 Å². The molecule has 0 aromatic rings. The van der Waals surface area contributed by atoms with Gasteiger partial charge in [-0.15, -0.1) is 8.96 Å². The molecule has 4 rings (SSSR count). The molecule has 28 heavy (non-hydrogen) atoms. The van der Waals surface area contributed by atoms with Gasteiger partial charge in [-0.1, -0.05) is 0 Å². The Kier molecular flexibility index (Phi) is 3.18. The Bertz CT molecular complexity index is 640. The van der Waals surface area contributed by atoms with Gasteiger partial charge in [0.25, 0.3) is 5.54 Å². The maximum Gasteiger partial charge on any atom is 0.339 e. The molecule has 4 fully saturated rings. The van der Waals surface area contributed by atoms with Gasteiger partial charge in [0, 0.05) is 5.34 Å². The van der Waals surface area contributed by atoms with Crippen LogP contribution in [0.1, 0.15) is 0 Å². The first-order chi connectivity index (χ1) is 11.9. The summed E-state index contributed by atoms with van der Waals surface area (Å²) in [6.45, 7) is 0. The lowest BCUT2D eigenvalue weighted by molar-refractivity contribution is -0.621. The van der Waals surface area contributed by atoms with Gasteiger partial charge < -0.3 is 0 Å². The Hall–Kier alpha value is -1.23. The first-order valence-corrected chi connectivity index (χ1v) is 6.40. The van der Waals surface area contributed by atoms with Crippen LogP contribution >= 0.6 is 0 Å². The molecule has 0 N–H and O–H groups in total. The first-order valence-electron chi connectivity index (χ1n) is 6.40. The summed E-state index contributed by atoms with van der Waals surface area (Å²) in [5, 5.41) is -4.30. The lowest BCUT2D eigenvalue weighted by Gasteiger charge is -2.74. The quantitative estimate of drug-likeness (QED) is 0.405. The second kappa shape index (κ2) is 4.14. The summed E-state index contributed by atoms with van der Waals surface area (Å²) in [6.07, 6.45) is 0. The van der Waals surface area contributed by atoms with Crippen LogP contribution in [0.4, 0.5) is 74.8 Å². The van der Waals surface area contributed by atoms with E-state index in [4.69, 9.17) is 0 Å². The molecule has 0 aromatic heterocycles. The van der Waals surface area contributed by atoms with Gasteiger partial charge in [0.05, 0.1) is 0 Å². The van der Waals surface area contributed by atoms with Crippen LogP contribution in [-0.2, 0) is 0 Å². The van der Waals surface area contributed by atoms with Crippen molar-refractivity contribution in [2.75, 3.05) is 0 Å². The lowest BCUT2D eigenvalue weighted by Crippen LogP contribution is -3.10. The number of alkyl halides is 15. The molecule has 4 bridgehead atoms. The van der Waals surface area contributed by atoms with E-state index in [1.54, 1.807) is 0 Å². The monoisotopic (exact) mass is 457 g/mol. The van der Waals surface area contributed by atoms with Gasteiger partial charge in [-0.25, -0.2) is 13.2 Å². The Morgan fingerprint density at radius 2 is 0.500 bits per heavy atom. The van der Waals surface area contributed by atoms with Crippen LogP contribution in [0, 0.1) is 0 Å². The molecule has 0 aromatic carbocycles. The fourth-order valence-corrected chi connectivity index (χ4v) is 4.14. The van der Waals surface area contributed by atoms with Gasteiger partial charge in [-0.2, -0.15) is 52.7 Å². The average molecular weight is 457 g/mol. The van der Waals surface area contributed by atoms with Crippen molar-refractivity contribution in [2.45, 2.75) is 58.1 Å². The van der Waals surface area contributed by atoms with Crippen LogP contribution in [0.5, 0.6) is 0 Å². The number of nitrogens with zero attached hydrogens (tertiary/aromatic N) is 1. The van der Waals surface area contributed by atoms with Crippen molar-refractivity contribution in [3.05, 3.63) is 0 Å². The average Bonchev–Trinajstić information content (AvgIpc) is 2.46. The molecule has 0 spiro atoms. The van der Waals surface area contributed by atoms with Crippen LogP contribution < -0.4 is 0 Å². The largest absolute Gasteiger partial charge is 0.339 e. The van der Waals surface area contributed by atoms with Crippen LogP contribution in [0.15, 0.2) is 0 Å². The molecular formula is C10F17N. The zero-order valence-corrected chi connectivity index (χ0v) is 11.9. The van der Waals surface area contributed by atoms with E-state index < -0.39 is 63.4 Å². The Labute approximate surface area is 139 Å². The Morgan fingerprint density at radius 1 is 0.321 bits per heavy atom. The molecule has 0 unspecified atom stereocenters. The summed E-state index contributed by atoms with van der Waals surface area (Å²) >= 11 is 0. The van der Waals surface area contributed by atoms with Crippen LogP contribution in [-0.4, -0.2) is 63.4 Å². The highest BCUT2D eigenvalue weighted by Crippen LogP contribution is 2.89. The topological polar surface area (TPSA) is 3.24 Å². The Balaban J connectivity index is 2.76. The fourth-order valence-electron chi connectivity index (χ4n) is 4.14. The molecule has 4 aliphatic carbocycles. The molecule has 1 nitrogen and oxygen atoms in total. The van der Waals surface area contributed by atoms with Crippen molar-refractivity contribution in [1.29, 1.82) is 0 Å². The molecule has 0 saturated heterocycles. The van der Waals surface area contributed by atoms with Gasteiger partial charge in [-0.05, 0) is 0 Å². The SMILES string of the molecule is FN(F)C12C(F)(F)C3(F)C(F)(F)C(F)(C(F)(F)C(F)(C3(F)F)C1(F)F)C2(F)F. The van der Waals surface area contributed by atoms with E-state index in [9.17, 15) is 74.8 Å². The van der Waals surface area contributed by atoms with Crippen molar-refractivity contribution in [3.63, 3.8) is 0 Å². The van der Waals surface area contributed by atoms with E-state index in [0.29, 0.717) is 0 Å². The lowest BCUT2D eigenvalue weighted by atomic mass is 9.39. The highest BCUT2D eigenvalue weighted by atomic mass is 19.4. The third kappa shape index (κ3) is 1.10. The highest BCUT2D eigenvalue weighted by molar-refractivity contribution is 5.55. The van der Waals surface area contributed by atoms with E-state index in [2.05, 4.69) is 0 Å². The van der Waals surface area contributed by atoms with E-state index in [-0.39, 0.29) is 0 Å². The minimum absolute atomic E-state index is 4.30. The van der Waals surface area contributed by atoms with Gasteiger partial charge >= 0.3 is 52.5 Å². The maximum absolute atomic E-state index is 14.3. The molecule has 4 aliphatic rings. The smallest absolute Gasteiger partial charge is 0.223 e. The van der Waals surface area contributed by atoms with Gasteiger partial charge in [0.1, 0.15) is 0 Å². The predicted octanol–water partition coefficient (Wildman–Crippen LogP) is 4.77. The summed E-state index contributed by atoms with van der Waals surface area (Å²) in [5.74, 6) is -48.4. The van der Waals surface area contributed by atoms with Crippen molar-refractivity contribution < 1.29 is 74.8 Å². The summed E-state index contributed by atoms with van der Waals surface area (Å²) in [4.78, 5) is 0. The van der Waals surface area contributed by atoms with Crippen molar-refractivity contribution in [2.24, 2.45) is 0 Å². The van der Waals surface area contributed by atoms with Gasteiger partial charge in [0.2, 0.25) is 0 Å². The number of hydrogen-bond acceptors (Lipinski definition) is 1. The van der Waals surface area contributed by atoms with Crippen LogP contribution in [0.3, 0.4) is 0 Å². The molecule has 164 valence electrons. The first kappa shape index (κ1) is 21.5. The van der Waals surface area contributed by atoms with Crippen molar-refractivity contribution in [3.8, 4) is 0 Å². The van der Waals surface area contributed by atoms with E-state index in [0.717, 1.165) is 0 Å². The molecule has 0 radical (unpaired) electrons. The molecule has 4 saturated carbocycles. The number of halogens is 17. The normalized spacial score (nSPS) is 50.8. The molecule has 18 heteroatoms. The van der Waals surface area contributed by atoms with E-state index >= 15 is 0 Å². The summed E-state index contributed by atoms with van der Waals surface area (Å²) < 4.78 is 235. The molecule has 0 aliphatic heterocycles.